The molecule has 0 rings (SSSR count). The van der Waals surface area contributed by atoms with Crippen molar-refractivity contribution in [2.24, 2.45) is 0 Å². The molecular formula is C22H38O2. The summed E-state index contributed by atoms with van der Waals surface area (Å²) in [6.45, 7) is 5.76. The lowest BCUT2D eigenvalue weighted by atomic mass is 10.0. The van der Waals surface area contributed by atoms with Crippen LogP contribution in [0.25, 0.3) is 0 Å². The van der Waals surface area contributed by atoms with E-state index in [-0.39, 0.29) is 5.57 Å². The third-order valence-corrected chi connectivity index (χ3v) is 4.27. The molecule has 0 unspecified atom stereocenters. The molecule has 0 aliphatic carbocycles. The minimum Gasteiger partial charge on any atom is -0.478 e. The maximum Gasteiger partial charge on any atom is 0.331 e. The third kappa shape index (κ3) is 17.1. The average molecular weight is 335 g/mol. The molecule has 0 spiro atoms. The van der Waals surface area contributed by atoms with Gasteiger partial charge in [-0.25, -0.2) is 4.79 Å². The summed E-state index contributed by atoms with van der Waals surface area (Å²) < 4.78 is 0. The standard InChI is InChI=1S/C22H38O2/c1-3-4-5-6-7-8-9-10-11-12-13-14-15-16-17-18-19-20-21(2)22(23)24/h16-19H,2-15,20H2,1H3,(H,23,24). The fourth-order valence-electron chi connectivity index (χ4n) is 2.65. The van der Waals surface area contributed by atoms with Crippen LogP contribution in [0.15, 0.2) is 36.5 Å². The van der Waals surface area contributed by atoms with Gasteiger partial charge >= 0.3 is 5.97 Å². The number of carbonyl (C=O) groups is 1. The fourth-order valence-corrected chi connectivity index (χ4v) is 2.65. The number of hydrogen-bond donors (Lipinski definition) is 1. The second kappa shape index (κ2) is 18.0. The van der Waals surface area contributed by atoms with E-state index >= 15 is 0 Å². The van der Waals surface area contributed by atoms with Crippen LogP contribution in [0.1, 0.15) is 96.8 Å². The van der Waals surface area contributed by atoms with Gasteiger partial charge in [0.05, 0.1) is 0 Å². The van der Waals surface area contributed by atoms with Crippen LogP contribution in [0, 0.1) is 0 Å². The Morgan fingerprint density at radius 2 is 1.25 bits per heavy atom. The molecule has 0 heterocycles. The first kappa shape index (κ1) is 22.7. The molecule has 2 nitrogen and oxygen atoms in total. The number of allylic oxidation sites excluding steroid dienone is 4. The quantitative estimate of drug-likeness (QED) is 0.173. The van der Waals surface area contributed by atoms with Gasteiger partial charge in [-0.05, 0) is 19.3 Å². The van der Waals surface area contributed by atoms with Gasteiger partial charge in [-0.1, -0.05) is 108 Å². The van der Waals surface area contributed by atoms with E-state index in [1.807, 2.05) is 18.2 Å². The molecule has 0 aliphatic rings. The minimum atomic E-state index is -0.917. The predicted molar refractivity (Wildman–Crippen MR) is 105 cm³/mol. The van der Waals surface area contributed by atoms with Gasteiger partial charge in [-0.15, -0.1) is 0 Å². The lowest BCUT2D eigenvalue weighted by Gasteiger charge is -2.02. The Morgan fingerprint density at radius 1 is 0.792 bits per heavy atom. The highest BCUT2D eigenvalue weighted by Crippen LogP contribution is 2.12. The molecule has 0 atom stereocenters. The van der Waals surface area contributed by atoms with Crippen molar-refractivity contribution < 1.29 is 9.90 Å². The number of unbranched alkanes of at least 4 members (excludes halogenated alkanes) is 12. The Kier molecular flexibility index (Phi) is 17.1. The SMILES string of the molecule is C=C(CC=CC=CCCCCCCCCCCCCCC)C(=O)O. The van der Waals surface area contributed by atoms with E-state index in [1.165, 1.54) is 77.0 Å². The topological polar surface area (TPSA) is 37.3 Å². The van der Waals surface area contributed by atoms with Gasteiger partial charge in [0.1, 0.15) is 0 Å². The highest BCUT2D eigenvalue weighted by Gasteiger charge is 1.98. The van der Waals surface area contributed by atoms with Gasteiger partial charge in [-0.3, -0.25) is 0 Å². The molecule has 0 aromatic carbocycles. The van der Waals surface area contributed by atoms with Gasteiger partial charge in [-0.2, -0.15) is 0 Å². The molecule has 0 radical (unpaired) electrons. The third-order valence-electron chi connectivity index (χ3n) is 4.27. The van der Waals surface area contributed by atoms with E-state index in [4.69, 9.17) is 5.11 Å². The second-order valence-corrected chi connectivity index (χ2v) is 6.65. The largest absolute Gasteiger partial charge is 0.478 e. The summed E-state index contributed by atoms with van der Waals surface area (Å²) in [6, 6.07) is 0. The fraction of sp³-hybridized carbons (Fsp3) is 0.682. The molecular weight excluding hydrogens is 296 g/mol. The molecule has 0 aliphatic heterocycles. The summed E-state index contributed by atoms with van der Waals surface area (Å²) in [4.78, 5) is 10.6. The van der Waals surface area contributed by atoms with Crippen LogP contribution < -0.4 is 0 Å². The molecule has 0 aromatic heterocycles. The van der Waals surface area contributed by atoms with Crippen molar-refractivity contribution in [1.29, 1.82) is 0 Å². The van der Waals surface area contributed by atoms with E-state index in [0.29, 0.717) is 6.42 Å². The van der Waals surface area contributed by atoms with Gasteiger partial charge in [0.15, 0.2) is 0 Å². The zero-order chi connectivity index (χ0) is 17.9. The predicted octanol–water partition coefficient (Wildman–Crippen LogP) is 7.22. The van der Waals surface area contributed by atoms with E-state index in [1.54, 1.807) is 0 Å². The first-order valence-corrected chi connectivity index (χ1v) is 9.91. The van der Waals surface area contributed by atoms with Crippen molar-refractivity contribution in [3.8, 4) is 0 Å². The Balaban J connectivity index is 3.25. The maximum absolute atomic E-state index is 10.6. The Labute approximate surface area is 149 Å². The molecule has 24 heavy (non-hydrogen) atoms. The highest BCUT2D eigenvalue weighted by atomic mass is 16.4. The minimum absolute atomic E-state index is 0.237. The lowest BCUT2D eigenvalue weighted by Crippen LogP contribution is -1.96. The summed E-state index contributed by atoms with van der Waals surface area (Å²) >= 11 is 0. The van der Waals surface area contributed by atoms with Crippen molar-refractivity contribution in [2.75, 3.05) is 0 Å². The zero-order valence-corrected chi connectivity index (χ0v) is 15.8. The smallest absolute Gasteiger partial charge is 0.331 e. The summed E-state index contributed by atoms with van der Waals surface area (Å²) in [5, 5.41) is 8.67. The van der Waals surface area contributed by atoms with Crippen LogP contribution in [0.2, 0.25) is 0 Å². The van der Waals surface area contributed by atoms with Crippen LogP contribution in [0.3, 0.4) is 0 Å². The number of aliphatic carboxylic acids is 1. The van der Waals surface area contributed by atoms with Crippen LogP contribution in [0.5, 0.6) is 0 Å². The van der Waals surface area contributed by atoms with Crippen molar-refractivity contribution >= 4 is 5.97 Å². The molecule has 0 saturated heterocycles. The van der Waals surface area contributed by atoms with Gasteiger partial charge in [0.25, 0.3) is 0 Å². The lowest BCUT2D eigenvalue weighted by molar-refractivity contribution is -0.132. The second-order valence-electron chi connectivity index (χ2n) is 6.65. The normalized spacial score (nSPS) is 11.5. The van der Waals surface area contributed by atoms with Crippen molar-refractivity contribution in [3.05, 3.63) is 36.5 Å². The van der Waals surface area contributed by atoms with Crippen molar-refractivity contribution in [2.45, 2.75) is 96.8 Å². The summed E-state index contributed by atoms with van der Waals surface area (Å²) in [5.74, 6) is -0.917. The molecule has 1 N–H and O–H groups in total. The van der Waals surface area contributed by atoms with Gasteiger partial charge in [0.2, 0.25) is 0 Å². The number of hydrogen-bond acceptors (Lipinski definition) is 1. The first-order valence-electron chi connectivity index (χ1n) is 9.91. The molecule has 0 amide bonds. The summed E-state index contributed by atoms with van der Waals surface area (Å²) in [7, 11) is 0. The van der Waals surface area contributed by atoms with Crippen LogP contribution in [-0.2, 0) is 4.79 Å². The highest BCUT2D eigenvalue weighted by molar-refractivity contribution is 5.86. The monoisotopic (exact) mass is 334 g/mol. The van der Waals surface area contributed by atoms with E-state index in [0.717, 1.165) is 6.42 Å². The summed E-state index contributed by atoms with van der Waals surface area (Å²) in [6.07, 6.45) is 26.0. The summed E-state index contributed by atoms with van der Waals surface area (Å²) in [5.41, 5.74) is 0.237. The van der Waals surface area contributed by atoms with E-state index in [9.17, 15) is 4.79 Å². The van der Waals surface area contributed by atoms with Gasteiger partial charge in [0, 0.05) is 5.57 Å². The Bertz CT molecular complexity index is 366. The number of carboxylic acids is 1. The van der Waals surface area contributed by atoms with Gasteiger partial charge < -0.3 is 5.11 Å². The number of carboxylic acid groups (broad SMARTS) is 1. The van der Waals surface area contributed by atoms with Crippen LogP contribution in [0.4, 0.5) is 0 Å². The maximum atomic E-state index is 10.6. The van der Waals surface area contributed by atoms with E-state index < -0.39 is 5.97 Å². The molecule has 2 heteroatoms. The molecule has 0 bridgehead atoms. The van der Waals surface area contributed by atoms with Crippen LogP contribution in [-0.4, -0.2) is 11.1 Å². The molecule has 0 saturated carbocycles. The Morgan fingerprint density at radius 3 is 1.75 bits per heavy atom. The van der Waals surface area contributed by atoms with Crippen molar-refractivity contribution in [3.63, 3.8) is 0 Å². The molecule has 138 valence electrons. The first-order chi connectivity index (χ1) is 11.7. The average Bonchev–Trinajstić information content (AvgIpc) is 2.57. The molecule has 0 aromatic rings. The molecule has 0 fully saturated rings. The van der Waals surface area contributed by atoms with E-state index in [2.05, 4.69) is 19.6 Å². The van der Waals surface area contributed by atoms with Crippen LogP contribution >= 0.6 is 0 Å². The Hall–Kier alpha value is -1.31. The zero-order valence-electron chi connectivity index (χ0n) is 15.8. The number of rotatable bonds is 17. The van der Waals surface area contributed by atoms with Crippen molar-refractivity contribution in [1.82, 2.24) is 0 Å².